The number of carbonyl (C=O) groups excluding carboxylic acids is 2. The maximum Gasteiger partial charge on any atom is 0.295 e. The van der Waals surface area contributed by atoms with Crippen LogP contribution in [0.4, 0.5) is 0 Å². The van der Waals surface area contributed by atoms with Crippen molar-refractivity contribution in [2.75, 3.05) is 14.2 Å². The Morgan fingerprint density at radius 1 is 1.03 bits per heavy atom. The van der Waals surface area contributed by atoms with E-state index in [4.69, 9.17) is 21.1 Å². The monoisotopic (exact) mass is 502 g/mol. The first-order valence-corrected chi connectivity index (χ1v) is 11.6. The molecule has 182 valence electrons. The number of rotatable bonds is 6. The average Bonchev–Trinajstić information content (AvgIpc) is 3.43. The van der Waals surface area contributed by atoms with Crippen molar-refractivity contribution in [1.29, 1.82) is 0 Å². The highest BCUT2D eigenvalue weighted by Gasteiger charge is 2.47. The molecule has 4 aromatic rings. The summed E-state index contributed by atoms with van der Waals surface area (Å²) in [6.07, 6.45) is 1.76. The Morgan fingerprint density at radius 3 is 2.56 bits per heavy atom. The molecule has 1 aromatic heterocycles. The minimum atomic E-state index is -0.867. The van der Waals surface area contributed by atoms with E-state index in [1.54, 1.807) is 31.5 Å². The van der Waals surface area contributed by atoms with E-state index in [1.807, 2.05) is 42.5 Å². The fraction of sp³-hybridized carbons (Fsp3) is 0.143. The number of aliphatic hydroxyl groups excluding tert-OH is 1. The summed E-state index contributed by atoms with van der Waals surface area (Å²) >= 11 is 6.40. The molecule has 0 spiro atoms. The van der Waals surface area contributed by atoms with Crippen LogP contribution in [0.5, 0.6) is 11.5 Å². The SMILES string of the molecule is COc1ccc(Cl)c(/C(O)=C2\C(=O)C(=O)N(Cc3ccccc3OC)C2c2c[nH]c3ccccc23)c1. The molecule has 7 nitrogen and oxygen atoms in total. The Hall–Kier alpha value is -4.23. The van der Waals surface area contributed by atoms with Gasteiger partial charge >= 0.3 is 0 Å². The Kier molecular flexibility index (Phi) is 6.16. The normalized spacial score (nSPS) is 17.1. The van der Waals surface area contributed by atoms with Gasteiger partial charge in [0.25, 0.3) is 11.7 Å². The predicted octanol–water partition coefficient (Wildman–Crippen LogP) is 5.46. The van der Waals surface area contributed by atoms with E-state index < -0.39 is 17.7 Å². The molecule has 2 N–H and O–H groups in total. The van der Waals surface area contributed by atoms with Crippen molar-refractivity contribution in [3.05, 3.63) is 100 Å². The van der Waals surface area contributed by atoms with E-state index in [1.165, 1.54) is 18.1 Å². The van der Waals surface area contributed by atoms with Crippen LogP contribution in [0.3, 0.4) is 0 Å². The van der Waals surface area contributed by atoms with E-state index in [9.17, 15) is 14.7 Å². The first-order valence-electron chi connectivity index (χ1n) is 11.2. The van der Waals surface area contributed by atoms with Crippen LogP contribution in [0, 0.1) is 0 Å². The van der Waals surface area contributed by atoms with Crippen LogP contribution in [0.25, 0.3) is 16.7 Å². The van der Waals surface area contributed by atoms with Crippen molar-refractivity contribution in [3.8, 4) is 11.5 Å². The van der Waals surface area contributed by atoms with Crippen LogP contribution >= 0.6 is 11.6 Å². The number of carbonyl (C=O) groups is 2. The van der Waals surface area contributed by atoms with Gasteiger partial charge < -0.3 is 24.5 Å². The van der Waals surface area contributed by atoms with Crippen LogP contribution in [-0.4, -0.2) is 40.9 Å². The maximum atomic E-state index is 13.5. The topological polar surface area (TPSA) is 91.9 Å². The number of ether oxygens (including phenoxy) is 2. The lowest BCUT2D eigenvalue weighted by atomic mass is 9.94. The summed E-state index contributed by atoms with van der Waals surface area (Å²) in [4.78, 5) is 31.5. The van der Waals surface area contributed by atoms with Crippen molar-refractivity contribution in [2.24, 2.45) is 0 Å². The number of ketones is 1. The van der Waals surface area contributed by atoms with Gasteiger partial charge in [-0.1, -0.05) is 48.0 Å². The number of nitrogens with one attached hydrogen (secondary N) is 1. The van der Waals surface area contributed by atoms with Gasteiger partial charge in [-0.05, 0) is 30.3 Å². The predicted molar refractivity (Wildman–Crippen MR) is 137 cm³/mol. The van der Waals surface area contributed by atoms with E-state index in [2.05, 4.69) is 4.98 Å². The van der Waals surface area contributed by atoms with Crippen LogP contribution < -0.4 is 9.47 Å². The molecule has 1 aliphatic rings. The Bertz CT molecular complexity index is 1520. The summed E-state index contributed by atoms with van der Waals surface area (Å²) in [6.45, 7) is 0.0986. The van der Waals surface area contributed by atoms with Crippen LogP contribution in [-0.2, 0) is 16.1 Å². The van der Waals surface area contributed by atoms with Crippen molar-refractivity contribution < 1.29 is 24.2 Å². The number of Topliss-reactive ketones (excluding diaryl/α,β-unsaturated/α-hetero) is 1. The molecule has 0 radical (unpaired) electrons. The third-order valence-electron chi connectivity index (χ3n) is 6.42. The number of nitrogens with zero attached hydrogens (tertiary/aromatic N) is 1. The van der Waals surface area contributed by atoms with Gasteiger partial charge in [0, 0.05) is 33.8 Å². The summed E-state index contributed by atoms with van der Waals surface area (Å²) in [5.74, 6) is -0.843. The van der Waals surface area contributed by atoms with Crippen molar-refractivity contribution in [2.45, 2.75) is 12.6 Å². The van der Waals surface area contributed by atoms with Crippen molar-refractivity contribution >= 4 is 40.0 Å². The highest BCUT2D eigenvalue weighted by molar-refractivity contribution is 6.47. The van der Waals surface area contributed by atoms with Crippen molar-refractivity contribution in [3.63, 3.8) is 0 Å². The third kappa shape index (κ3) is 3.87. The zero-order valence-electron chi connectivity index (χ0n) is 19.6. The second-order valence-electron chi connectivity index (χ2n) is 8.37. The number of fused-ring (bicyclic) bond motifs is 1. The van der Waals surface area contributed by atoms with Gasteiger partial charge in [0.2, 0.25) is 0 Å². The van der Waals surface area contributed by atoms with Gasteiger partial charge in [-0.3, -0.25) is 9.59 Å². The molecule has 2 heterocycles. The molecule has 36 heavy (non-hydrogen) atoms. The summed E-state index contributed by atoms with van der Waals surface area (Å²) in [7, 11) is 3.04. The maximum absolute atomic E-state index is 13.5. The number of likely N-dealkylation sites (tertiary alicyclic amines) is 1. The van der Waals surface area contributed by atoms with Gasteiger partial charge in [0.15, 0.2) is 0 Å². The van der Waals surface area contributed by atoms with E-state index >= 15 is 0 Å². The number of hydrogen-bond donors (Lipinski definition) is 2. The third-order valence-corrected chi connectivity index (χ3v) is 6.75. The number of H-pyrrole nitrogens is 1. The van der Waals surface area contributed by atoms with E-state index in [0.29, 0.717) is 17.1 Å². The van der Waals surface area contributed by atoms with Crippen molar-refractivity contribution in [1.82, 2.24) is 9.88 Å². The average molecular weight is 503 g/mol. The molecule has 8 heteroatoms. The molecule has 0 saturated carbocycles. The first-order chi connectivity index (χ1) is 17.4. The Morgan fingerprint density at radius 2 is 1.78 bits per heavy atom. The number of para-hydroxylation sites is 2. The Labute approximate surface area is 212 Å². The van der Waals surface area contributed by atoms with Gasteiger partial charge in [-0.2, -0.15) is 0 Å². The molecule has 0 aliphatic carbocycles. The number of aromatic amines is 1. The molecule has 1 saturated heterocycles. The lowest BCUT2D eigenvalue weighted by molar-refractivity contribution is -0.140. The molecule has 5 rings (SSSR count). The highest BCUT2D eigenvalue weighted by Crippen LogP contribution is 2.44. The largest absolute Gasteiger partial charge is 0.507 e. The van der Waals surface area contributed by atoms with Crippen LogP contribution in [0.15, 0.2) is 78.5 Å². The molecule has 1 atom stereocenters. The van der Waals surface area contributed by atoms with Gasteiger partial charge in [-0.25, -0.2) is 0 Å². The second kappa shape index (κ2) is 9.43. The quantitative estimate of drug-likeness (QED) is 0.207. The van der Waals surface area contributed by atoms with E-state index in [-0.39, 0.29) is 28.5 Å². The van der Waals surface area contributed by atoms with Crippen LogP contribution in [0.1, 0.15) is 22.7 Å². The standard InChI is InChI=1S/C28H23ClN2O5/c1-35-17-11-12-21(29)19(13-17)26(32)24-25(20-14-30-22-9-5-4-8-18(20)22)31(28(34)27(24)33)15-16-7-3-6-10-23(16)36-2/h3-14,25,30,32H,15H2,1-2H3/b26-24+. The molecule has 1 amide bonds. The summed E-state index contributed by atoms with van der Waals surface area (Å²) in [5.41, 5.74) is 2.41. The zero-order chi connectivity index (χ0) is 25.4. The van der Waals surface area contributed by atoms with Gasteiger partial charge in [0.05, 0.1) is 37.4 Å². The Balaban J connectivity index is 1.73. The molecule has 3 aromatic carbocycles. The smallest absolute Gasteiger partial charge is 0.295 e. The molecule has 1 aliphatic heterocycles. The summed E-state index contributed by atoms with van der Waals surface area (Å²) in [6, 6.07) is 18.8. The van der Waals surface area contributed by atoms with Gasteiger partial charge in [0.1, 0.15) is 17.3 Å². The lowest BCUT2D eigenvalue weighted by Gasteiger charge is -2.25. The molecular weight excluding hydrogens is 480 g/mol. The van der Waals surface area contributed by atoms with Crippen LogP contribution in [0.2, 0.25) is 5.02 Å². The number of methoxy groups -OCH3 is 2. The van der Waals surface area contributed by atoms with Gasteiger partial charge in [-0.15, -0.1) is 0 Å². The molecule has 1 fully saturated rings. The fourth-order valence-electron chi connectivity index (χ4n) is 4.66. The number of aromatic nitrogens is 1. The number of amides is 1. The minimum Gasteiger partial charge on any atom is -0.507 e. The second-order valence-corrected chi connectivity index (χ2v) is 8.78. The molecule has 0 bridgehead atoms. The summed E-state index contributed by atoms with van der Waals surface area (Å²) in [5, 5.41) is 12.5. The fourth-order valence-corrected chi connectivity index (χ4v) is 4.87. The zero-order valence-corrected chi connectivity index (χ0v) is 20.4. The molecule has 1 unspecified atom stereocenters. The minimum absolute atomic E-state index is 0.0465. The number of benzene rings is 3. The first kappa shape index (κ1) is 23.5. The lowest BCUT2D eigenvalue weighted by Crippen LogP contribution is -2.29. The summed E-state index contributed by atoms with van der Waals surface area (Å²) < 4.78 is 10.8. The highest BCUT2D eigenvalue weighted by atomic mass is 35.5. The van der Waals surface area contributed by atoms with E-state index in [0.717, 1.165) is 16.5 Å². The number of hydrogen-bond acceptors (Lipinski definition) is 5. The molecular formula is C28H23ClN2O5. The number of aliphatic hydroxyl groups is 1. The number of halogens is 1.